The molecule has 0 aromatic heterocycles. The van der Waals surface area contributed by atoms with E-state index in [0.717, 1.165) is 11.1 Å². The van der Waals surface area contributed by atoms with Crippen LogP contribution >= 0.6 is 0 Å². The van der Waals surface area contributed by atoms with Crippen molar-refractivity contribution in [3.05, 3.63) is 35.4 Å². The summed E-state index contributed by atoms with van der Waals surface area (Å²) in [6.45, 7) is 1.33. The topological polar surface area (TPSA) is 66.8 Å². The van der Waals surface area contributed by atoms with E-state index in [2.05, 4.69) is 0 Å². The molecule has 0 radical (unpaired) electrons. The standard InChI is InChI=1S/C14H17NO4/c1-19-9-11-4-2-10(3-5-11)7-15-8-12(14(17)18)6-13(15)16/h2-5,12H,6-9H2,1H3,(H,17,18). The molecular formula is C14H17NO4. The van der Waals surface area contributed by atoms with Gasteiger partial charge in [0.05, 0.1) is 12.5 Å². The molecule has 1 aromatic carbocycles. The number of carbonyl (C=O) groups excluding carboxylic acids is 1. The lowest BCUT2D eigenvalue weighted by atomic mass is 10.1. The number of carboxylic acids is 1. The number of carboxylic acid groups (broad SMARTS) is 1. The third-order valence-electron chi connectivity index (χ3n) is 3.27. The van der Waals surface area contributed by atoms with Crippen molar-refractivity contribution in [1.29, 1.82) is 0 Å². The molecule has 102 valence electrons. The molecule has 0 aliphatic carbocycles. The van der Waals surface area contributed by atoms with Gasteiger partial charge in [0.1, 0.15) is 0 Å². The Morgan fingerprint density at radius 2 is 2.00 bits per heavy atom. The summed E-state index contributed by atoms with van der Waals surface area (Å²) in [5.74, 6) is -1.56. The van der Waals surface area contributed by atoms with Gasteiger partial charge in [-0.15, -0.1) is 0 Å². The number of benzene rings is 1. The van der Waals surface area contributed by atoms with E-state index in [4.69, 9.17) is 9.84 Å². The maximum atomic E-state index is 11.7. The van der Waals surface area contributed by atoms with Gasteiger partial charge in [0.15, 0.2) is 0 Å². The molecular weight excluding hydrogens is 246 g/mol. The molecule has 1 unspecified atom stereocenters. The number of rotatable bonds is 5. The minimum absolute atomic E-state index is 0.0895. The first-order valence-corrected chi connectivity index (χ1v) is 6.17. The first-order chi connectivity index (χ1) is 9.10. The Balaban J connectivity index is 1.97. The molecule has 1 saturated heterocycles. The maximum absolute atomic E-state index is 11.7. The van der Waals surface area contributed by atoms with E-state index in [0.29, 0.717) is 19.7 Å². The van der Waals surface area contributed by atoms with Gasteiger partial charge >= 0.3 is 5.97 Å². The number of hydrogen-bond donors (Lipinski definition) is 1. The molecule has 0 bridgehead atoms. The summed E-state index contributed by atoms with van der Waals surface area (Å²) in [5, 5.41) is 8.92. The summed E-state index contributed by atoms with van der Waals surface area (Å²) in [7, 11) is 1.64. The summed E-state index contributed by atoms with van der Waals surface area (Å²) in [6, 6.07) is 7.79. The smallest absolute Gasteiger partial charge is 0.308 e. The normalized spacial score (nSPS) is 18.9. The van der Waals surface area contributed by atoms with Gasteiger partial charge in [-0.05, 0) is 11.1 Å². The quantitative estimate of drug-likeness (QED) is 0.868. The molecule has 1 fully saturated rings. The summed E-state index contributed by atoms with van der Waals surface area (Å²) in [6.07, 6.45) is 0.108. The third kappa shape index (κ3) is 3.32. The van der Waals surface area contributed by atoms with Crippen molar-refractivity contribution in [2.75, 3.05) is 13.7 Å². The zero-order valence-corrected chi connectivity index (χ0v) is 10.8. The Bertz CT molecular complexity index is 469. The van der Waals surface area contributed by atoms with Crippen LogP contribution in [-0.4, -0.2) is 35.5 Å². The fourth-order valence-corrected chi connectivity index (χ4v) is 2.22. The molecule has 1 amide bonds. The third-order valence-corrected chi connectivity index (χ3v) is 3.27. The Morgan fingerprint density at radius 3 is 2.53 bits per heavy atom. The lowest BCUT2D eigenvalue weighted by molar-refractivity contribution is -0.141. The van der Waals surface area contributed by atoms with Crippen LogP contribution in [0.25, 0.3) is 0 Å². The predicted molar refractivity (Wildman–Crippen MR) is 68.3 cm³/mol. The van der Waals surface area contributed by atoms with Gasteiger partial charge in [-0.3, -0.25) is 9.59 Å². The molecule has 5 nitrogen and oxygen atoms in total. The lowest BCUT2D eigenvalue weighted by Crippen LogP contribution is -2.25. The highest BCUT2D eigenvalue weighted by molar-refractivity contribution is 5.86. The van der Waals surface area contributed by atoms with Gasteiger partial charge in [-0.25, -0.2) is 0 Å². The Kier molecular flexibility index (Phi) is 4.16. The van der Waals surface area contributed by atoms with Crippen LogP contribution in [0.2, 0.25) is 0 Å². The zero-order chi connectivity index (χ0) is 13.8. The molecule has 0 spiro atoms. The van der Waals surface area contributed by atoms with Gasteiger partial charge in [0.2, 0.25) is 5.91 Å². The van der Waals surface area contributed by atoms with Crippen molar-refractivity contribution in [1.82, 2.24) is 4.90 Å². The summed E-state index contributed by atoms with van der Waals surface area (Å²) >= 11 is 0. The number of amides is 1. The van der Waals surface area contributed by atoms with E-state index >= 15 is 0 Å². The van der Waals surface area contributed by atoms with Gasteiger partial charge in [0.25, 0.3) is 0 Å². The van der Waals surface area contributed by atoms with E-state index in [1.165, 1.54) is 0 Å². The molecule has 0 saturated carbocycles. The Hall–Kier alpha value is -1.88. The second-order valence-corrected chi connectivity index (χ2v) is 4.76. The van der Waals surface area contributed by atoms with Crippen LogP contribution in [0.4, 0.5) is 0 Å². The summed E-state index contributed by atoms with van der Waals surface area (Å²) in [5.41, 5.74) is 2.07. The number of nitrogens with zero attached hydrogens (tertiary/aromatic N) is 1. The fraction of sp³-hybridized carbons (Fsp3) is 0.429. The van der Waals surface area contributed by atoms with Crippen LogP contribution in [0.5, 0.6) is 0 Å². The molecule has 1 aliphatic heterocycles. The molecule has 2 rings (SSSR count). The Labute approximate surface area is 111 Å². The molecule has 1 N–H and O–H groups in total. The molecule has 19 heavy (non-hydrogen) atoms. The summed E-state index contributed by atoms with van der Waals surface area (Å²) < 4.78 is 5.03. The van der Waals surface area contributed by atoms with Crippen molar-refractivity contribution in [2.24, 2.45) is 5.92 Å². The number of methoxy groups -OCH3 is 1. The molecule has 1 aromatic rings. The van der Waals surface area contributed by atoms with Crippen molar-refractivity contribution >= 4 is 11.9 Å². The average molecular weight is 263 g/mol. The van der Waals surface area contributed by atoms with Crippen molar-refractivity contribution in [3.8, 4) is 0 Å². The van der Waals surface area contributed by atoms with Crippen LogP contribution in [0.1, 0.15) is 17.5 Å². The highest BCUT2D eigenvalue weighted by Crippen LogP contribution is 2.20. The van der Waals surface area contributed by atoms with E-state index in [1.807, 2.05) is 24.3 Å². The fourth-order valence-electron chi connectivity index (χ4n) is 2.22. The van der Waals surface area contributed by atoms with Crippen LogP contribution in [0.3, 0.4) is 0 Å². The first kappa shape index (κ1) is 13.5. The maximum Gasteiger partial charge on any atom is 0.308 e. The molecule has 1 heterocycles. The minimum Gasteiger partial charge on any atom is -0.481 e. The predicted octanol–water partition coefficient (Wildman–Crippen LogP) is 1.27. The SMILES string of the molecule is COCc1ccc(CN2CC(C(=O)O)CC2=O)cc1. The average Bonchev–Trinajstić information content (AvgIpc) is 2.74. The van der Waals surface area contributed by atoms with Crippen LogP contribution in [0, 0.1) is 5.92 Å². The van der Waals surface area contributed by atoms with E-state index < -0.39 is 11.9 Å². The largest absolute Gasteiger partial charge is 0.481 e. The zero-order valence-electron chi connectivity index (χ0n) is 10.8. The molecule has 1 aliphatic rings. The van der Waals surface area contributed by atoms with Crippen molar-refractivity contribution < 1.29 is 19.4 Å². The Morgan fingerprint density at radius 1 is 1.37 bits per heavy atom. The van der Waals surface area contributed by atoms with Crippen LogP contribution in [0.15, 0.2) is 24.3 Å². The molecule has 1 atom stereocenters. The summed E-state index contributed by atoms with van der Waals surface area (Å²) in [4.78, 5) is 24.2. The van der Waals surface area contributed by atoms with Gasteiger partial charge < -0.3 is 14.7 Å². The van der Waals surface area contributed by atoms with Gasteiger partial charge in [-0.2, -0.15) is 0 Å². The number of carbonyl (C=O) groups is 2. The van der Waals surface area contributed by atoms with E-state index in [9.17, 15) is 9.59 Å². The number of ether oxygens (including phenoxy) is 1. The second kappa shape index (κ2) is 5.84. The highest BCUT2D eigenvalue weighted by atomic mass is 16.5. The monoisotopic (exact) mass is 263 g/mol. The van der Waals surface area contributed by atoms with Crippen molar-refractivity contribution in [2.45, 2.75) is 19.6 Å². The number of likely N-dealkylation sites (tertiary alicyclic amines) is 1. The lowest BCUT2D eigenvalue weighted by Gasteiger charge is -2.16. The van der Waals surface area contributed by atoms with Crippen LogP contribution in [-0.2, 0) is 27.5 Å². The number of hydrogen-bond acceptors (Lipinski definition) is 3. The van der Waals surface area contributed by atoms with Crippen molar-refractivity contribution in [3.63, 3.8) is 0 Å². The van der Waals surface area contributed by atoms with Gasteiger partial charge in [0, 0.05) is 26.6 Å². The second-order valence-electron chi connectivity index (χ2n) is 4.76. The number of aliphatic carboxylic acids is 1. The van der Waals surface area contributed by atoms with Gasteiger partial charge in [-0.1, -0.05) is 24.3 Å². The van der Waals surface area contributed by atoms with Crippen LogP contribution < -0.4 is 0 Å². The minimum atomic E-state index is -0.897. The van der Waals surface area contributed by atoms with E-state index in [1.54, 1.807) is 12.0 Å². The highest BCUT2D eigenvalue weighted by Gasteiger charge is 2.33. The molecule has 5 heteroatoms. The first-order valence-electron chi connectivity index (χ1n) is 6.17. The van der Waals surface area contributed by atoms with E-state index in [-0.39, 0.29) is 12.3 Å².